The number of rotatable bonds is 8. The molecule has 6 nitrogen and oxygen atoms in total. The largest absolute Gasteiger partial charge is 0.318 e. The molecule has 8 heteroatoms. The van der Waals surface area contributed by atoms with Crippen molar-refractivity contribution >= 4 is 21.8 Å². The lowest BCUT2D eigenvalue weighted by Gasteiger charge is -2.23. The van der Waals surface area contributed by atoms with Gasteiger partial charge in [-0.2, -0.15) is 21.2 Å². The van der Waals surface area contributed by atoms with E-state index in [1.807, 2.05) is 27.2 Å². The normalized spacial score (nSPS) is 13.9. The summed E-state index contributed by atoms with van der Waals surface area (Å²) in [7, 11) is -0.00846. The highest BCUT2D eigenvalue weighted by molar-refractivity contribution is 7.98. The van der Waals surface area contributed by atoms with Crippen molar-refractivity contribution in [2.24, 2.45) is 0 Å². The molecule has 1 heterocycles. The number of thioether (sulfide) groups is 1. The van der Waals surface area contributed by atoms with Gasteiger partial charge in [0.2, 0.25) is 10.0 Å². The van der Waals surface area contributed by atoms with Gasteiger partial charge in [-0.15, -0.1) is 0 Å². The Morgan fingerprint density at radius 3 is 2.57 bits per heavy atom. The van der Waals surface area contributed by atoms with Crippen LogP contribution >= 0.6 is 11.8 Å². The van der Waals surface area contributed by atoms with E-state index in [1.165, 1.54) is 4.31 Å². The van der Waals surface area contributed by atoms with Crippen LogP contribution in [0.4, 0.5) is 0 Å². The third kappa shape index (κ3) is 4.00. The van der Waals surface area contributed by atoms with Gasteiger partial charge in [-0.05, 0) is 34.1 Å². The van der Waals surface area contributed by atoms with Gasteiger partial charge in [0.1, 0.15) is 4.90 Å². The molecule has 0 amide bonds. The minimum absolute atomic E-state index is 0.0514. The summed E-state index contributed by atoms with van der Waals surface area (Å²) in [6, 6.07) is -0.0514. The highest BCUT2D eigenvalue weighted by Gasteiger charge is 2.31. The summed E-state index contributed by atoms with van der Waals surface area (Å²) in [5.41, 5.74) is 1.26. The zero-order chi connectivity index (χ0) is 16.2. The van der Waals surface area contributed by atoms with Gasteiger partial charge in [-0.25, -0.2) is 8.42 Å². The number of nitrogens with zero attached hydrogens (tertiary/aromatic N) is 3. The van der Waals surface area contributed by atoms with Crippen LogP contribution in [-0.4, -0.2) is 61.2 Å². The van der Waals surface area contributed by atoms with E-state index in [1.54, 1.807) is 30.4 Å². The molecule has 0 aliphatic rings. The van der Waals surface area contributed by atoms with Crippen LogP contribution in [0.2, 0.25) is 0 Å². The fourth-order valence-corrected chi connectivity index (χ4v) is 4.75. The van der Waals surface area contributed by atoms with Crippen molar-refractivity contribution < 1.29 is 8.42 Å². The average Bonchev–Trinajstić information content (AvgIpc) is 2.70. The summed E-state index contributed by atoms with van der Waals surface area (Å²) in [4.78, 5) is 0.342. The molecule has 0 spiro atoms. The van der Waals surface area contributed by atoms with E-state index < -0.39 is 10.0 Å². The number of likely N-dealkylation sites (N-methyl/N-ethyl adjacent to an activating group) is 1. The van der Waals surface area contributed by atoms with E-state index in [0.29, 0.717) is 22.8 Å². The summed E-state index contributed by atoms with van der Waals surface area (Å²) < 4.78 is 28.9. The van der Waals surface area contributed by atoms with Gasteiger partial charge in [0, 0.05) is 25.4 Å². The first-order chi connectivity index (χ1) is 9.77. The summed E-state index contributed by atoms with van der Waals surface area (Å²) in [5.74, 6) is 0.766. The molecule has 1 aromatic heterocycles. The highest BCUT2D eigenvalue weighted by atomic mass is 32.2. The Labute approximate surface area is 132 Å². The first-order valence-electron chi connectivity index (χ1n) is 6.92. The molecule has 1 N–H and O–H groups in total. The maximum atomic E-state index is 12.8. The zero-order valence-electron chi connectivity index (χ0n) is 13.7. The molecule has 0 radical (unpaired) electrons. The lowest BCUT2D eigenvalue weighted by atomic mass is 10.4. The van der Waals surface area contributed by atoms with Gasteiger partial charge in [0.25, 0.3) is 0 Å². The van der Waals surface area contributed by atoms with E-state index in [2.05, 4.69) is 10.4 Å². The summed E-state index contributed by atoms with van der Waals surface area (Å²) in [5, 5.41) is 7.41. The molecule has 0 aliphatic heterocycles. The second-order valence-corrected chi connectivity index (χ2v) is 8.00. The zero-order valence-corrected chi connectivity index (χ0v) is 15.3. The lowest BCUT2D eigenvalue weighted by molar-refractivity contribution is 0.414. The van der Waals surface area contributed by atoms with Crippen LogP contribution in [0, 0.1) is 13.8 Å². The Bertz CT molecular complexity index is 569. The first kappa shape index (κ1) is 18.5. The first-order valence-corrected chi connectivity index (χ1v) is 9.76. The second-order valence-electron chi connectivity index (χ2n) is 5.15. The molecule has 0 saturated carbocycles. The summed E-state index contributed by atoms with van der Waals surface area (Å²) >= 11 is 1.64. The quantitative estimate of drug-likeness (QED) is 0.771. The molecule has 0 aromatic carbocycles. The summed E-state index contributed by atoms with van der Waals surface area (Å²) in [6.07, 6.45) is 1.98. The van der Waals surface area contributed by atoms with Crippen LogP contribution in [0.15, 0.2) is 4.90 Å². The van der Waals surface area contributed by atoms with Gasteiger partial charge in [0.15, 0.2) is 0 Å². The SMILES string of the molecule is CNCCn1nc(C)c(S(=O)(=O)N(C)C(C)CSC)c1C. The van der Waals surface area contributed by atoms with E-state index >= 15 is 0 Å². The molecular formula is C13H26N4O2S2. The van der Waals surface area contributed by atoms with Crippen molar-refractivity contribution in [2.75, 3.05) is 32.6 Å². The predicted molar refractivity (Wildman–Crippen MR) is 88.4 cm³/mol. The predicted octanol–water partition coefficient (Wildman–Crippen LogP) is 1.09. The van der Waals surface area contributed by atoms with Crippen molar-refractivity contribution in [1.29, 1.82) is 0 Å². The Hall–Kier alpha value is -0.570. The average molecular weight is 335 g/mol. The molecule has 0 aliphatic carbocycles. The fourth-order valence-electron chi connectivity index (χ4n) is 2.22. The Balaban J connectivity index is 3.17. The Morgan fingerprint density at radius 1 is 1.43 bits per heavy atom. The van der Waals surface area contributed by atoms with Crippen molar-refractivity contribution in [3.8, 4) is 0 Å². The summed E-state index contributed by atoms with van der Waals surface area (Å²) in [6.45, 7) is 6.89. The lowest BCUT2D eigenvalue weighted by Crippen LogP contribution is -2.37. The minimum atomic E-state index is -3.51. The van der Waals surface area contributed by atoms with Gasteiger partial charge in [-0.3, -0.25) is 4.68 Å². The molecule has 1 aromatic rings. The molecule has 0 fully saturated rings. The van der Waals surface area contributed by atoms with Gasteiger partial charge < -0.3 is 5.32 Å². The number of hydrogen-bond acceptors (Lipinski definition) is 5. The second kappa shape index (κ2) is 7.62. The molecule has 1 rings (SSSR count). The number of aryl methyl sites for hydroxylation is 1. The van der Waals surface area contributed by atoms with Crippen LogP contribution in [0.3, 0.4) is 0 Å². The van der Waals surface area contributed by atoms with Crippen LogP contribution in [0.5, 0.6) is 0 Å². The number of aromatic nitrogens is 2. The molecule has 1 atom stereocenters. The topological polar surface area (TPSA) is 67.2 Å². The van der Waals surface area contributed by atoms with E-state index in [9.17, 15) is 8.42 Å². The highest BCUT2D eigenvalue weighted by Crippen LogP contribution is 2.24. The van der Waals surface area contributed by atoms with E-state index in [4.69, 9.17) is 0 Å². The molecule has 1 unspecified atom stereocenters. The number of hydrogen-bond donors (Lipinski definition) is 1. The molecular weight excluding hydrogens is 308 g/mol. The fraction of sp³-hybridized carbons (Fsp3) is 0.769. The van der Waals surface area contributed by atoms with Crippen LogP contribution < -0.4 is 5.32 Å². The van der Waals surface area contributed by atoms with E-state index in [-0.39, 0.29) is 6.04 Å². The van der Waals surface area contributed by atoms with Gasteiger partial charge in [-0.1, -0.05) is 0 Å². The smallest absolute Gasteiger partial charge is 0.246 e. The van der Waals surface area contributed by atoms with Crippen molar-refractivity contribution in [3.63, 3.8) is 0 Å². The van der Waals surface area contributed by atoms with Crippen LogP contribution in [0.25, 0.3) is 0 Å². The number of sulfonamides is 1. The minimum Gasteiger partial charge on any atom is -0.318 e. The monoisotopic (exact) mass is 334 g/mol. The molecule has 21 heavy (non-hydrogen) atoms. The van der Waals surface area contributed by atoms with E-state index in [0.717, 1.165) is 12.3 Å². The standard InChI is InChI=1S/C13H26N4O2S2/c1-10(9-20-6)16(5)21(18,19)13-11(2)15-17(12(13)3)8-7-14-4/h10,14H,7-9H2,1-6H3. The van der Waals surface area contributed by atoms with Crippen LogP contribution in [0.1, 0.15) is 18.3 Å². The van der Waals surface area contributed by atoms with Crippen LogP contribution in [-0.2, 0) is 16.6 Å². The third-order valence-electron chi connectivity index (χ3n) is 3.55. The van der Waals surface area contributed by atoms with Gasteiger partial charge >= 0.3 is 0 Å². The third-order valence-corrected chi connectivity index (χ3v) is 6.59. The molecule has 0 bridgehead atoms. The maximum Gasteiger partial charge on any atom is 0.246 e. The maximum absolute atomic E-state index is 12.8. The molecule has 122 valence electrons. The van der Waals surface area contributed by atoms with Crippen molar-refractivity contribution in [1.82, 2.24) is 19.4 Å². The van der Waals surface area contributed by atoms with Crippen molar-refractivity contribution in [3.05, 3.63) is 11.4 Å². The molecule has 0 saturated heterocycles. The van der Waals surface area contributed by atoms with Gasteiger partial charge in [0.05, 0.1) is 17.9 Å². The Morgan fingerprint density at radius 2 is 2.05 bits per heavy atom. The number of nitrogens with one attached hydrogen (secondary N) is 1. The van der Waals surface area contributed by atoms with Crippen molar-refractivity contribution in [2.45, 2.75) is 38.3 Å². The Kier molecular flexibility index (Phi) is 6.71.